The van der Waals surface area contributed by atoms with Crippen LogP contribution in [-0.2, 0) is 29.4 Å². The molecule has 3 aliphatic rings. The van der Waals surface area contributed by atoms with Gasteiger partial charge in [-0.1, -0.05) is 80.7 Å². The molecule has 1 aliphatic carbocycles. The number of rotatable bonds is 13. The van der Waals surface area contributed by atoms with Crippen molar-refractivity contribution in [2.75, 3.05) is 18.5 Å². The lowest BCUT2D eigenvalue weighted by molar-refractivity contribution is -0.157. The van der Waals surface area contributed by atoms with E-state index >= 15 is 0 Å². The molecule has 8 nitrogen and oxygen atoms in total. The zero-order chi connectivity index (χ0) is 35.0. The second-order valence-corrected chi connectivity index (χ2v) is 28.4. The molecule has 3 unspecified atom stereocenters. The van der Waals surface area contributed by atoms with Gasteiger partial charge in [0.1, 0.15) is 12.1 Å². The van der Waals surface area contributed by atoms with Crippen LogP contribution in [0.4, 0.5) is 5.69 Å². The van der Waals surface area contributed by atoms with Gasteiger partial charge in [0.2, 0.25) is 0 Å². The van der Waals surface area contributed by atoms with E-state index in [9.17, 15) is 19.5 Å². The maximum Gasteiger partial charge on any atom is 0.330 e. The third-order valence-corrected chi connectivity index (χ3v) is 14.0. The Morgan fingerprint density at radius 3 is 2.12 bits per heavy atom. The molecule has 0 bridgehead atoms. The van der Waals surface area contributed by atoms with Gasteiger partial charge in [-0.15, -0.1) is 0 Å². The second-order valence-electron chi connectivity index (χ2n) is 16.3. The van der Waals surface area contributed by atoms with E-state index in [0.717, 1.165) is 36.1 Å². The van der Waals surface area contributed by atoms with E-state index in [-0.39, 0.29) is 24.9 Å². The van der Waals surface area contributed by atoms with Gasteiger partial charge < -0.3 is 19.9 Å². The van der Waals surface area contributed by atoms with E-state index in [0.29, 0.717) is 34.7 Å². The van der Waals surface area contributed by atoms with E-state index in [2.05, 4.69) is 56.0 Å². The Morgan fingerprint density at radius 2 is 1.54 bits per heavy atom. The SMILES string of the molecule is C[Si](C)(C)CCOC(=O)C1N[C@]2(c3ccc(Cl)cc3NC2C(=O)OCC[Si](C)(C)C)[C@@H](C(c2cccc(Cl)c2)C2CC2)C[C@@H]1CC(=O)O. The second kappa shape index (κ2) is 14.5. The summed E-state index contributed by atoms with van der Waals surface area (Å²) < 4.78 is 11.9. The highest BCUT2D eigenvalue weighted by Gasteiger charge is 2.64. The molecule has 2 aromatic carbocycles. The van der Waals surface area contributed by atoms with Crippen molar-refractivity contribution in [3.63, 3.8) is 0 Å². The van der Waals surface area contributed by atoms with Crippen LogP contribution in [-0.4, -0.2) is 64.5 Å². The van der Waals surface area contributed by atoms with E-state index < -0.39 is 57.6 Å². The topological polar surface area (TPSA) is 114 Å². The normalized spacial score (nSPS) is 26.0. The van der Waals surface area contributed by atoms with Crippen molar-refractivity contribution in [3.05, 3.63) is 63.6 Å². The molecule has 6 atom stereocenters. The average molecular weight is 734 g/mol. The lowest BCUT2D eigenvalue weighted by Gasteiger charge is -2.53. The lowest BCUT2D eigenvalue weighted by Crippen LogP contribution is -2.69. The molecule has 0 radical (unpaired) electrons. The molecular formula is C36H50Cl2N2O6Si2. The zero-order valence-corrected chi connectivity index (χ0v) is 32.4. The van der Waals surface area contributed by atoms with Gasteiger partial charge in [0.25, 0.3) is 0 Å². The summed E-state index contributed by atoms with van der Waals surface area (Å²) in [4.78, 5) is 40.7. The van der Waals surface area contributed by atoms with Crippen LogP contribution in [0.2, 0.25) is 61.4 Å². The first-order valence-electron chi connectivity index (χ1n) is 17.1. The molecule has 2 fully saturated rings. The number of carboxylic acids is 1. The fourth-order valence-electron chi connectivity index (χ4n) is 7.57. The fraction of sp³-hybridized carbons (Fsp3) is 0.583. The standard InChI is InChI=1S/C36H50Cl2N2O6Si2/c1-47(2,3)16-14-45-34(43)32-24(20-30(41)42)19-28(31(22-10-11-22)23-8-7-9-25(37)18-23)36(40-32)27-13-12-26(38)21-29(27)39-33(36)35(44)46-15-17-48(4,5)6/h7-9,12-13,18,21-22,24,28,31-33,39-40H,10-11,14-17,19-20H2,1-6H3,(H,41,42)/t24-,28-,31?,32?,33?,36-/m1/s1. The molecule has 3 N–H and O–H groups in total. The van der Waals surface area contributed by atoms with E-state index in [1.54, 1.807) is 6.07 Å². The largest absolute Gasteiger partial charge is 0.481 e. The van der Waals surface area contributed by atoms with Crippen molar-refractivity contribution in [1.29, 1.82) is 0 Å². The quantitative estimate of drug-likeness (QED) is 0.140. The number of hydrogen-bond acceptors (Lipinski definition) is 7. The summed E-state index contributed by atoms with van der Waals surface area (Å²) in [6, 6.07) is 13.1. The van der Waals surface area contributed by atoms with Crippen molar-refractivity contribution < 1.29 is 29.0 Å². The number of fused-ring (bicyclic) bond motifs is 2. The van der Waals surface area contributed by atoms with Gasteiger partial charge in [-0.3, -0.25) is 14.9 Å². The van der Waals surface area contributed by atoms with Gasteiger partial charge in [0.05, 0.1) is 25.2 Å². The first kappa shape index (κ1) is 36.9. The molecule has 2 aromatic rings. The highest BCUT2D eigenvalue weighted by Crippen LogP contribution is 2.60. The number of ether oxygens (including phenoxy) is 2. The number of carboxylic acid groups (broad SMARTS) is 1. The molecule has 12 heteroatoms. The Bertz CT molecular complexity index is 1520. The maximum absolute atomic E-state index is 14.4. The molecule has 1 saturated heterocycles. The predicted molar refractivity (Wildman–Crippen MR) is 196 cm³/mol. The summed E-state index contributed by atoms with van der Waals surface area (Å²) in [6.45, 7) is 13.9. The van der Waals surface area contributed by atoms with Gasteiger partial charge in [-0.2, -0.15) is 0 Å². The molecule has 2 heterocycles. The molecule has 5 rings (SSSR count). The Balaban J connectivity index is 1.65. The number of piperidine rings is 1. The highest BCUT2D eigenvalue weighted by atomic mass is 35.5. The smallest absolute Gasteiger partial charge is 0.330 e. The molecule has 0 amide bonds. The van der Waals surface area contributed by atoms with Gasteiger partial charge in [-0.25, -0.2) is 4.79 Å². The third-order valence-electron chi connectivity index (χ3n) is 10.1. The maximum atomic E-state index is 14.4. The third kappa shape index (κ3) is 8.49. The van der Waals surface area contributed by atoms with Gasteiger partial charge >= 0.3 is 17.9 Å². The number of nitrogens with one attached hydrogen (secondary N) is 2. The van der Waals surface area contributed by atoms with E-state index in [4.69, 9.17) is 32.7 Å². The summed E-state index contributed by atoms with van der Waals surface area (Å²) >= 11 is 13.1. The first-order chi connectivity index (χ1) is 22.5. The molecule has 1 saturated carbocycles. The van der Waals surface area contributed by atoms with Gasteiger partial charge in [-0.05, 0) is 90.4 Å². The van der Waals surface area contributed by atoms with Gasteiger partial charge in [0.15, 0.2) is 0 Å². The van der Waals surface area contributed by atoms with Crippen molar-refractivity contribution in [3.8, 4) is 0 Å². The van der Waals surface area contributed by atoms with E-state index in [1.807, 2.05) is 30.3 Å². The van der Waals surface area contributed by atoms with Crippen LogP contribution in [0.25, 0.3) is 0 Å². The van der Waals surface area contributed by atoms with Crippen molar-refractivity contribution in [2.45, 2.75) is 101 Å². The van der Waals surface area contributed by atoms with Crippen LogP contribution < -0.4 is 10.6 Å². The van der Waals surface area contributed by atoms with Crippen LogP contribution in [0.5, 0.6) is 0 Å². The number of carbonyl (C=O) groups is 3. The molecule has 1 spiro atoms. The minimum Gasteiger partial charge on any atom is -0.481 e. The monoisotopic (exact) mass is 732 g/mol. The summed E-state index contributed by atoms with van der Waals surface area (Å²) in [5.74, 6) is -2.53. The Morgan fingerprint density at radius 1 is 0.917 bits per heavy atom. The summed E-state index contributed by atoms with van der Waals surface area (Å²) in [5.41, 5.74) is 1.40. The zero-order valence-electron chi connectivity index (χ0n) is 28.9. The molecular weight excluding hydrogens is 683 g/mol. The average Bonchev–Trinajstić information content (AvgIpc) is 3.75. The van der Waals surface area contributed by atoms with Crippen LogP contribution in [0.1, 0.15) is 42.7 Å². The molecule has 48 heavy (non-hydrogen) atoms. The van der Waals surface area contributed by atoms with Crippen molar-refractivity contribution in [1.82, 2.24) is 5.32 Å². The van der Waals surface area contributed by atoms with Crippen LogP contribution in [0.3, 0.4) is 0 Å². The Kier molecular flexibility index (Phi) is 11.1. The Hall–Kier alpha value is -2.38. The summed E-state index contributed by atoms with van der Waals surface area (Å²) in [5, 5.41) is 18.4. The number of aliphatic carboxylic acids is 1. The fourth-order valence-corrected chi connectivity index (χ4v) is 9.37. The van der Waals surface area contributed by atoms with Crippen molar-refractivity contribution >= 4 is 62.9 Å². The Labute approximate surface area is 296 Å². The first-order valence-corrected chi connectivity index (χ1v) is 25.3. The van der Waals surface area contributed by atoms with Crippen LogP contribution in [0, 0.1) is 17.8 Å². The summed E-state index contributed by atoms with van der Waals surface area (Å²) in [7, 11) is -3.02. The lowest BCUT2D eigenvalue weighted by atomic mass is 9.59. The number of benzene rings is 2. The highest BCUT2D eigenvalue weighted by molar-refractivity contribution is 6.76. The molecule has 2 aliphatic heterocycles. The summed E-state index contributed by atoms with van der Waals surface area (Å²) in [6.07, 6.45) is 2.17. The number of halogens is 2. The van der Waals surface area contributed by atoms with E-state index in [1.165, 1.54) is 0 Å². The van der Waals surface area contributed by atoms with Crippen molar-refractivity contribution in [2.24, 2.45) is 17.8 Å². The molecule has 262 valence electrons. The number of esters is 2. The van der Waals surface area contributed by atoms with Crippen LogP contribution >= 0.6 is 23.2 Å². The minimum absolute atomic E-state index is 0.0722. The number of carbonyl (C=O) groups excluding carboxylic acids is 2. The molecule has 0 aromatic heterocycles. The van der Waals surface area contributed by atoms with Gasteiger partial charge in [0, 0.05) is 31.9 Å². The minimum atomic E-state index is -1.51. The predicted octanol–water partition coefficient (Wildman–Crippen LogP) is 8.01. The van der Waals surface area contributed by atoms with Crippen LogP contribution in [0.15, 0.2) is 42.5 Å². The number of anilines is 1. The number of hydrogen-bond donors (Lipinski definition) is 3.